The Kier molecular flexibility index (Phi) is 8.04. The Balaban J connectivity index is 2.29. The van der Waals surface area contributed by atoms with Crippen LogP contribution in [0.2, 0.25) is 0 Å². The van der Waals surface area contributed by atoms with Crippen molar-refractivity contribution in [1.29, 1.82) is 0 Å². The minimum absolute atomic E-state index is 0.0268. The van der Waals surface area contributed by atoms with E-state index in [2.05, 4.69) is 5.32 Å². The van der Waals surface area contributed by atoms with Gasteiger partial charge in [-0.05, 0) is 47.9 Å². The highest BCUT2D eigenvalue weighted by molar-refractivity contribution is 7.87. The van der Waals surface area contributed by atoms with Crippen LogP contribution in [-0.4, -0.2) is 38.8 Å². The van der Waals surface area contributed by atoms with E-state index in [0.717, 1.165) is 0 Å². The molecule has 0 atom stereocenters. The number of nitrogens with zero attached hydrogens (tertiary/aromatic N) is 1. The van der Waals surface area contributed by atoms with Crippen LogP contribution in [0.5, 0.6) is 11.5 Å². The first kappa shape index (κ1) is 24.2. The Bertz CT molecular complexity index is 1030. The summed E-state index contributed by atoms with van der Waals surface area (Å²) in [6, 6.07) is 10.6. The molecule has 2 aromatic carbocycles. The fourth-order valence-electron chi connectivity index (χ4n) is 2.92. The van der Waals surface area contributed by atoms with Crippen molar-refractivity contribution >= 4 is 27.6 Å². The average molecular weight is 449 g/mol. The van der Waals surface area contributed by atoms with Crippen molar-refractivity contribution in [3.63, 3.8) is 0 Å². The highest BCUT2D eigenvalue weighted by atomic mass is 32.2. The quantitative estimate of drug-likeness (QED) is 0.590. The van der Waals surface area contributed by atoms with Crippen LogP contribution in [0.25, 0.3) is 0 Å². The molecular formula is C22H28N2O6S. The zero-order valence-corrected chi connectivity index (χ0v) is 19.2. The second kappa shape index (κ2) is 10.3. The van der Waals surface area contributed by atoms with Gasteiger partial charge in [-0.15, -0.1) is 0 Å². The first-order valence-corrected chi connectivity index (χ1v) is 11.2. The first-order valence-electron chi connectivity index (χ1n) is 9.76. The minimum atomic E-state index is -4.14. The zero-order valence-electron chi connectivity index (χ0n) is 18.3. The molecule has 31 heavy (non-hydrogen) atoms. The summed E-state index contributed by atoms with van der Waals surface area (Å²) in [6.07, 6.45) is 0. The standard InChI is InChI=1S/C22H28N2O6S/c1-15(2)13-24(17(4)26)14-18-6-11-21(29-5)22(12-18)30-31(27,28)20-9-7-19(8-10-20)23-16(3)25/h6-12,15H,13-14H2,1-5H3,(H,23,25). The fraction of sp³-hybridized carbons (Fsp3) is 0.364. The summed E-state index contributed by atoms with van der Waals surface area (Å²) in [4.78, 5) is 24.7. The van der Waals surface area contributed by atoms with Gasteiger partial charge in [0.2, 0.25) is 11.8 Å². The van der Waals surface area contributed by atoms with E-state index in [0.29, 0.717) is 30.3 Å². The van der Waals surface area contributed by atoms with Crippen molar-refractivity contribution < 1.29 is 26.9 Å². The second-order valence-corrected chi connectivity index (χ2v) is 9.07. The molecule has 1 N–H and O–H groups in total. The van der Waals surface area contributed by atoms with E-state index in [-0.39, 0.29) is 28.2 Å². The summed E-state index contributed by atoms with van der Waals surface area (Å²) in [5, 5.41) is 2.57. The van der Waals surface area contributed by atoms with Crippen LogP contribution in [0.1, 0.15) is 33.3 Å². The molecule has 0 aliphatic rings. The molecule has 0 aromatic heterocycles. The van der Waals surface area contributed by atoms with Gasteiger partial charge >= 0.3 is 10.1 Å². The maximum absolute atomic E-state index is 12.8. The van der Waals surface area contributed by atoms with Gasteiger partial charge in [-0.3, -0.25) is 9.59 Å². The summed E-state index contributed by atoms with van der Waals surface area (Å²) >= 11 is 0. The van der Waals surface area contributed by atoms with Crippen LogP contribution in [0.4, 0.5) is 5.69 Å². The monoisotopic (exact) mass is 448 g/mol. The third-order valence-electron chi connectivity index (χ3n) is 4.30. The summed E-state index contributed by atoms with van der Waals surface area (Å²) < 4.78 is 36.1. The number of carbonyl (C=O) groups excluding carboxylic acids is 2. The molecule has 0 radical (unpaired) electrons. The zero-order chi connectivity index (χ0) is 23.2. The normalized spacial score (nSPS) is 11.2. The van der Waals surface area contributed by atoms with Crippen molar-refractivity contribution in [2.45, 2.75) is 39.1 Å². The van der Waals surface area contributed by atoms with Crippen molar-refractivity contribution in [1.82, 2.24) is 4.90 Å². The molecule has 2 amide bonds. The number of carbonyl (C=O) groups is 2. The van der Waals surface area contributed by atoms with Crippen LogP contribution in [0.3, 0.4) is 0 Å². The van der Waals surface area contributed by atoms with Gasteiger partial charge in [-0.25, -0.2) is 0 Å². The Morgan fingerprint density at radius 2 is 1.68 bits per heavy atom. The number of ether oxygens (including phenoxy) is 1. The second-order valence-electron chi connectivity index (χ2n) is 7.52. The van der Waals surface area contributed by atoms with Crippen molar-refractivity contribution in [2.75, 3.05) is 19.0 Å². The van der Waals surface area contributed by atoms with E-state index in [1.807, 2.05) is 13.8 Å². The lowest BCUT2D eigenvalue weighted by Gasteiger charge is -2.23. The average Bonchev–Trinajstić information content (AvgIpc) is 2.67. The van der Waals surface area contributed by atoms with Gasteiger partial charge < -0.3 is 19.1 Å². The number of amides is 2. The molecule has 2 rings (SSSR count). The highest BCUT2D eigenvalue weighted by Gasteiger charge is 2.20. The van der Waals surface area contributed by atoms with Gasteiger partial charge in [0.25, 0.3) is 0 Å². The summed E-state index contributed by atoms with van der Waals surface area (Å²) in [5.41, 5.74) is 1.18. The molecule has 2 aromatic rings. The Labute approximate surface area is 183 Å². The molecule has 0 fully saturated rings. The maximum atomic E-state index is 12.8. The summed E-state index contributed by atoms with van der Waals surface area (Å²) in [7, 11) is -2.73. The summed E-state index contributed by atoms with van der Waals surface area (Å²) in [5.74, 6) is 0.238. The fourth-order valence-corrected chi connectivity index (χ4v) is 3.86. The van der Waals surface area contributed by atoms with E-state index in [1.54, 1.807) is 23.1 Å². The highest BCUT2D eigenvalue weighted by Crippen LogP contribution is 2.31. The van der Waals surface area contributed by atoms with Gasteiger partial charge in [0.15, 0.2) is 11.5 Å². The van der Waals surface area contributed by atoms with Gasteiger partial charge in [0.1, 0.15) is 4.90 Å². The van der Waals surface area contributed by atoms with E-state index in [4.69, 9.17) is 8.92 Å². The predicted octanol–water partition coefficient (Wildman–Crippen LogP) is 3.43. The number of hydrogen-bond donors (Lipinski definition) is 1. The molecule has 168 valence electrons. The molecule has 0 bridgehead atoms. The Hall–Kier alpha value is -3.07. The largest absolute Gasteiger partial charge is 0.493 e. The van der Waals surface area contributed by atoms with Gasteiger partial charge in [-0.1, -0.05) is 19.9 Å². The number of methoxy groups -OCH3 is 1. The van der Waals surface area contributed by atoms with E-state index >= 15 is 0 Å². The van der Waals surface area contributed by atoms with E-state index in [1.165, 1.54) is 45.2 Å². The third kappa shape index (κ3) is 6.99. The van der Waals surface area contributed by atoms with E-state index < -0.39 is 10.1 Å². The molecule has 0 saturated heterocycles. The molecule has 0 unspecified atom stereocenters. The van der Waals surface area contributed by atoms with Crippen LogP contribution < -0.4 is 14.2 Å². The minimum Gasteiger partial charge on any atom is -0.493 e. The lowest BCUT2D eigenvalue weighted by Crippen LogP contribution is -2.31. The van der Waals surface area contributed by atoms with Gasteiger partial charge in [-0.2, -0.15) is 8.42 Å². The van der Waals surface area contributed by atoms with Gasteiger partial charge in [0.05, 0.1) is 7.11 Å². The Morgan fingerprint density at radius 1 is 1.03 bits per heavy atom. The first-order chi connectivity index (χ1) is 14.5. The van der Waals surface area contributed by atoms with Crippen LogP contribution in [0, 0.1) is 5.92 Å². The molecule has 0 heterocycles. The molecule has 0 spiro atoms. The number of hydrogen-bond acceptors (Lipinski definition) is 6. The number of benzene rings is 2. The molecular weight excluding hydrogens is 420 g/mol. The topological polar surface area (TPSA) is 102 Å². The Morgan fingerprint density at radius 3 is 2.19 bits per heavy atom. The van der Waals surface area contributed by atoms with Crippen molar-refractivity contribution in [2.24, 2.45) is 5.92 Å². The number of nitrogens with one attached hydrogen (secondary N) is 1. The number of rotatable bonds is 9. The summed E-state index contributed by atoms with van der Waals surface area (Å²) in [6.45, 7) is 7.79. The molecule has 0 saturated carbocycles. The maximum Gasteiger partial charge on any atom is 0.339 e. The smallest absolute Gasteiger partial charge is 0.339 e. The van der Waals surface area contributed by atoms with Gasteiger partial charge in [0, 0.05) is 32.6 Å². The van der Waals surface area contributed by atoms with Crippen LogP contribution >= 0.6 is 0 Å². The molecule has 0 aliphatic heterocycles. The molecule has 9 heteroatoms. The van der Waals surface area contributed by atoms with E-state index in [9.17, 15) is 18.0 Å². The van der Waals surface area contributed by atoms with Crippen molar-refractivity contribution in [3.8, 4) is 11.5 Å². The predicted molar refractivity (Wildman–Crippen MR) is 117 cm³/mol. The van der Waals surface area contributed by atoms with Crippen LogP contribution in [-0.2, 0) is 26.3 Å². The lowest BCUT2D eigenvalue weighted by molar-refractivity contribution is -0.130. The lowest BCUT2D eigenvalue weighted by atomic mass is 10.1. The SMILES string of the molecule is COc1ccc(CN(CC(C)C)C(C)=O)cc1OS(=O)(=O)c1ccc(NC(C)=O)cc1. The number of anilines is 1. The molecule has 0 aliphatic carbocycles. The van der Waals surface area contributed by atoms with Crippen LogP contribution in [0.15, 0.2) is 47.4 Å². The molecule has 8 nitrogen and oxygen atoms in total. The third-order valence-corrected chi connectivity index (χ3v) is 5.54. The van der Waals surface area contributed by atoms with Crippen molar-refractivity contribution in [3.05, 3.63) is 48.0 Å².